The van der Waals surface area contributed by atoms with Gasteiger partial charge in [0.05, 0.1) is 0 Å². The standard InChI is InChI=1S/C8H8.C6H7.Li/c1-2-8-6-4-3-5-7-8;1-2-4-6-5-3-1;/h2-7H,1H2;1-3H,4,6H2;/q;-1;+1. The molecule has 1 aliphatic carbocycles. The van der Waals surface area contributed by atoms with Crippen LogP contribution in [-0.2, 0) is 0 Å². The zero-order chi connectivity index (χ0) is 10.1. The Morgan fingerprint density at radius 1 is 1.20 bits per heavy atom. The molecule has 0 saturated carbocycles. The molecule has 0 aliphatic heterocycles. The molecule has 0 N–H and O–H groups in total. The summed E-state index contributed by atoms with van der Waals surface area (Å²) in [4.78, 5) is 0. The van der Waals surface area contributed by atoms with Gasteiger partial charge in [-0.15, -0.1) is 6.42 Å². The molecule has 0 fully saturated rings. The van der Waals surface area contributed by atoms with Crippen LogP contribution in [0.5, 0.6) is 0 Å². The van der Waals surface area contributed by atoms with Crippen LogP contribution >= 0.6 is 0 Å². The fourth-order valence-electron chi connectivity index (χ4n) is 1.07. The van der Waals surface area contributed by atoms with E-state index in [1.807, 2.05) is 48.6 Å². The van der Waals surface area contributed by atoms with Crippen LogP contribution in [0.15, 0.2) is 55.1 Å². The van der Waals surface area contributed by atoms with Crippen molar-refractivity contribution in [2.24, 2.45) is 0 Å². The predicted molar refractivity (Wildman–Crippen MR) is 62.7 cm³/mol. The molecular weight excluding hydrogens is 175 g/mol. The maximum absolute atomic E-state index is 3.63. The zero-order valence-corrected chi connectivity index (χ0v) is 9.32. The van der Waals surface area contributed by atoms with Crippen LogP contribution in [0.2, 0.25) is 0 Å². The molecule has 0 radical (unpaired) electrons. The Labute approximate surface area is 105 Å². The molecule has 72 valence electrons. The van der Waals surface area contributed by atoms with Crippen molar-refractivity contribution in [2.45, 2.75) is 12.8 Å². The molecule has 1 aromatic rings. The minimum atomic E-state index is 0. The summed E-state index contributed by atoms with van der Waals surface area (Å²) in [6.45, 7) is 3.63. The number of hydrogen-bond acceptors (Lipinski definition) is 0. The molecule has 1 heteroatoms. The van der Waals surface area contributed by atoms with Crippen molar-refractivity contribution < 1.29 is 18.9 Å². The van der Waals surface area contributed by atoms with E-state index in [4.69, 9.17) is 0 Å². The van der Waals surface area contributed by atoms with E-state index in [-0.39, 0.29) is 18.9 Å². The van der Waals surface area contributed by atoms with Gasteiger partial charge in [0.25, 0.3) is 0 Å². The van der Waals surface area contributed by atoms with E-state index in [1.54, 1.807) is 0 Å². The van der Waals surface area contributed by atoms with Crippen LogP contribution < -0.4 is 18.9 Å². The first-order valence-electron chi connectivity index (χ1n) is 4.82. The number of allylic oxidation sites excluding steroid dienone is 4. The van der Waals surface area contributed by atoms with Gasteiger partial charge >= 0.3 is 18.9 Å². The minimum absolute atomic E-state index is 0. The van der Waals surface area contributed by atoms with Crippen LogP contribution in [0.25, 0.3) is 6.08 Å². The molecule has 0 saturated heterocycles. The van der Waals surface area contributed by atoms with Gasteiger partial charge in [-0.3, -0.25) is 6.08 Å². The van der Waals surface area contributed by atoms with Crippen molar-refractivity contribution in [3.8, 4) is 0 Å². The summed E-state index contributed by atoms with van der Waals surface area (Å²) in [6, 6.07) is 10.0. The smallest absolute Gasteiger partial charge is 0.275 e. The SMILES string of the molecule is C=Cc1ccccc1.[C-]1=CC=CCC1.[Li+]. The van der Waals surface area contributed by atoms with Crippen LogP contribution in [0.4, 0.5) is 0 Å². The van der Waals surface area contributed by atoms with Gasteiger partial charge in [0.1, 0.15) is 0 Å². The Morgan fingerprint density at radius 3 is 2.20 bits per heavy atom. The van der Waals surface area contributed by atoms with E-state index < -0.39 is 0 Å². The minimum Gasteiger partial charge on any atom is -0.275 e. The first kappa shape index (κ1) is 14.0. The Balaban J connectivity index is 0.000000253. The molecule has 0 nitrogen and oxygen atoms in total. The monoisotopic (exact) mass is 190 g/mol. The average molecular weight is 190 g/mol. The van der Waals surface area contributed by atoms with Crippen LogP contribution in [0, 0.1) is 6.08 Å². The quantitative estimate of drug-likeness (QED) is 0.458. The van der Waals surface area contributed by atoms with Crippen molar-refractivity contribution in [3.63, 3.8) is 0 Å². The second-order valence-corrected chi connectivity index (χ2v) is 2.95. The predicted octanol–water partition coefficient (Wildman–Crippen LogP) is 1.03. The molecule has 2 rings (SSSR count). The molecule has 0 unspecified atom stereocenters. The van der Waals surface area contributed by atoms with Gasteiger partial charge in [-0.1, -0.05) is 49.4 Å². The summed E-state index contributed by atoms with van der Waals surface area (Å²) < 4.78 is 0. The molecule has 15 heavy (non-hydrogen) atoms. The van der Waals surface area contributed by atoms with Crippen molar-refractivity contribution in [2.75, 3.05) is 0 Å². The van der Waals surface area contributed by atoms with Crippen LogP contribution in [0.1, 0.15) is 18.4 Å². The third-order valence-electron chi connectivity index (χ3n) is 1.84. The number of hydrogen-bond donors (Lipinski definition) is 0. The Hall–Kier alpha value is -0.963. The number of rotatable bonds is 1. The Kier molecular flexibility index (Phi) is 8.97. The van der Waals surface area contributed by atoms with Gasteiger partial charge in [0, 0.05) is 0 Å². The van der Waals surface area contributed by atoms with Crippen LogP contribution in [-0.4, -0.2) is 0 Å². The van der Waals surface area contributed by atoms with Crippen LogP contribution in [0.3, 0.4) is 0 Å². The van der Waals surface area contributed by atoms with Crippen molar-refractivity contribution >= 4 is 6.08 Å². The number of benzene rings is 1. The van der Waals surface area contributed by atoms with Crippen molar-refractivity contribution in [1.82, 2.24) is 0 Å². The van der Waals surface area contributed by atoms with E-state index in [9.17, 15) is 0 Å². The summed E-state index contributed by atoms with van der Waals surface area (Å²) in [5, 5.41) is 0. The Morgan fingerprint density at radius 2 is 1.93 bits per heavy atom. The first-order valence-corrected chi connectivity index (χ1v) is 4.82. The molecule has 0 bridgehead atoms. The molecule has 1 aliphatic rings. The average Bonchev–Trinajstić information content (AvgIpc) is 2.33. The fourth-order valence-corrected chi connectivity index (χ4v) is 1.07. The largest absolute Gasteiger partial charge is 1.00 e. The van der Waals surface area contributed by atoms with Crippen molar-refractivity contribution in [1.29, 1.82) is 0 Å². The summed E-state index contributed by atoms with van der Waals surface area (Å²) >= 11 is 0. The van der Waals surface area contributed by atoms with Gasteiger partial charge in [-0.2, -0.15) is 6.08 Å². The molecular formula is C14H15Li. The van der Waals surface area contributed by atoms with Gasteiger partial charge in [0.15, 0.2) is 0 Å². The van der Waals surface area contributed by atoms with Gasteiger partial charge in [-0.05, 0) is 5.56 Å². The third kappa shape index (κ3) is 7.02. The maximum atomic E-state index is 3.63. The molecule has 1 aromatic carbocycles. The molecule has 0 atom stereocenters. The Bertz CT molecular complexity index is 297. The molecule has 0 aromatic heterocycles. The van der Waals surface area contributed by atoms with Gasteiger partial charge < -0.3 is 0 Å². The van der Waals surface area contributed by atoms with E-state index in [0.717, 1.165) is 6.42 Å². The zero-order valence-electron chi connectivity index (χ0n) is 9.32. The molecule has 0 heterocycles. The third-order valence-corrected chi connectivity index (χ3v) is 1.84. The fraction of sp³-hybridized carbons (Fsp3) is 0.143. The summed E-state index contributed by atoms with van der Waals surface area (Å²) in [7, 11) is 0. The normalized spacial score (nSPS) is 12.0. The molecule has 0 amide bonds. The van der Waals surface area contributed by atoms with Gasteiger partial charge in [-0.25, -0.2) is 12.2 Å². The summed E-state index contributed by atoms with van der Waals surface area (Å²) in [5.74, 6) is 0. The van der Waals surface area contributed by atoms with Crippen molar-refractivity contribution in [3.05, 3.63) is 66.8 Å². The second-order valence-electron chi connectivity index (χ2n) is 2.95. The van der Waals surface area contributed by atoms with Gasteiger partial charge in [0.2, 0.25) is 0 Å². The molecule has 0 spiro atoms. The first-order chi connectivity index (χ1) is 6.93. The van der Waals surface area contributed by atoms with E-state index in [0.29, 0.717) is 0 Å². The summed E-state index contributed by atoms with van der Waals surface area (Å²) in [6.07, 6.45) is 13.3. The second kappa shape index (κ2) is 9.59. The summed E-state index contributed by atoms with van der Waals surface area (Å²) in [5.41, 5.74) is 1.17. The van der Waals surface area contributed by atoms with E-state index in [2.05, 4.69) is 18.7 Å². The van der Waals surface area contributed by atoms with E-state index >= 15 is 0 Å². The van der Waals surface area contributed by atoms with E-state index in [1.165, 1.54) is 12.0 Å². The maximum Gasteiger partial charge on any atom is 1.00 e. The topological polar surface area (TPSA) is 0 Å².